The highest BCUT2D eigenvalue weighted by molar-refractivity contribution is 6.29. The molecule has 0 aliphatic rings. The zero-order valence-corrected chi connectivity index (χ0v) is 6.14. The first-order chi connectivity index (χ1) is 4.06. The van der Waals surface area contributed by atoms with Gasteiger partial charge in [-0.3, -0.25) is 4.79 Å². The molecule has 0 aromatic rings. The molecule has 0 radical (unpaired) electrons. The van der Waals surface area contributed by atoms with E-state index in [2.05, 4.69) is 12.3 Å². The predicted octanol–water partition coefficient (Wildman–Crippen LogP) is 1.34. The van der Waals surface area contributed by atoms with Gasteiger partial charge in [0.1, 0.15) is 5.38 Å². The van der Waals surface area contributed by atoms with Crippen LogP contribution in [0, 0.1) is 12.3 Å². The largest absolute Gasteiger partial charge is 0.480 e. The fraction of sp³-hybridized carbons (Fsp3) is 0.500. The lowest BCUT2D eigenvalue weighted by Crippen LogP contribution is -2.06. The molecule has 0 aliphatic carbocycles. The van der Waals surface area contributed by atoms with E-state index in [9.17, 15) is 4.79 Å². The monoisotopic (exact) mass is 148 g/mol. The van der Waals surface area contributed by atoms with Crippen molar-refractivity contribution in [3.63, 3.8) is 0 Å². The van der Waals surface area contributed by atoms with Crippen LogP contribution in [0.25, 0.3) is 0 Å². The smallest absolute Gasteiger partial charge is 0.321 e. The molecule has 1 atom stereocenters. The third kappa shape index (κ3) is 18.8. The molecule has 0 bridgehead atoms. The number of carboxylic acids is 1. The van der Waals surface area contributed by atoms with Crippen molar-refractivity contribution < 1.29 is 9.90 Å². The van der Waals surface area contributed by atoms with E-state index in [1.165, 1.54) is 6.92 Å². The normalized spacial score (nSPS) is 10.0. The van der Waals surface area contributed by atoms with E-state index in [1.54, 1.807) is 6.92 Å². The van der Waals surface area contributed by atoms with Crippen molar-refractivity contribution in [2.24, 2.45) is 0 Å². The molecular formula is C6H9ClO2. The number of terminal acetylenes is 1. The van der Waals surface area contributed by atoms with Crippen molar-refractivity contribution in [2.45, 2.75) is 19.2 Å². The molecule has 3 heteroatoms. The van der Waals surface area contributed by atoms with Crippen molar-refractivity contribution in [1.82, 2.24) is 0 Å². The van der Waals surface area contributed by atoms with Gasteiger partial charge in [0.25, 0.3) is 0 Å². The quantitative estimate of drug-likeness (QED) is 0.450. The van der Waals surface area contributed by atoms with Gasteiger partial charge in [0.15, 0.2) is 0 Å². The van der Waals surface area contributed by atoms with E-state index < -0.39 is 11.3 Å². The lowest BCUT2D eigenvalue weighted by molar-refractivity contribution is -0.136. The number of aliphatic carboxylic acids is 1. The molecule has 0 rings (SSSR count). The Kier molecular flexibility index (Phi) is 9.08. The lowest BCUT2D eigenvalue weighted by Gasteiger charge is -1.86. The fourth-order valence-electron chi connectivity index (χ4n) is 0. The van der Waals surface area contributed by atoms with Gasteiger partial charge in [0.05, 0.1) is 0 Å². The maximum Gasteiger partial charge on any atom is 0.321 e. The number of hydrogen-bond donors (Lipinski definition) is 1. The van der Waals surface area contributed by atoms with E-state index in [1.807, 2.05) is 0 Å². The molecule has 0 aliphatic heterocycles. The van der Waals surface area contributed by atoms with Gasteiger partial charge in [0.2, 0.25) is 0 Å². The van der Waals surface area contributed by atoms with Crippen LogP contribution in [-0.2, 0) is 4.79 Å². The number of carboxylic acid groups (broad SMARTS) is 1. The highest BCUT2D eigenvalue weighted by Gasteiger charge is 2.02. The predicted molar refractivity (Wildman–Crippen MR) is 37.5 cm³/mol. The maximum atomic E-state index is 9.57. The molecule has 0 saturated carbocycles. The van der Waals surface area contributed by atoms with Crippen molar-refractivity contribution in [2.75, 3.05) is 0 Å². The minimum Gasteiger partial charge on any atom is -0.480 e. The summed E-state index contributed by atoms with van der Waals surface area (Å²) in [5, 5.41) is 7.10. The number of alkyl halides is 1. The van der Waals surface area contributed by atoms with Crippen LogP contribution in [0.4, 0.5) is 0 Å². The summed E-state index contributed by atoms with van der Waals surface area (Å²) in [5.41, 5.74) is 0. The summed E-state index contributed by atoms with van der Waals surface area (Å²) in [5.74, 6) is 1.27. The van der Waals surface area contributed by atoms with Crippen LogP contribution in [0.2, 0.25) is 0 Å². The van der Waals surface area contributed by atoms with Gasteiger partial charge in [0, 0.05) is 0 Å². The van der Waals surface area contributed by atoms with Crippen molar-refractivity contribution >= 4 is 17.6 Å². The molecule has 1 unspecified atom stereocenters. The zero-order chi connectivity index (χ0) is 7.86. The molecular weight excluding hydrogens is 140 g/mol. The number of hydrogen-bond acceptors (Lipinski definition) is 1. The third-order valence-corrected chi connectivity index (χ3v) is 0.527. The second kappa shape index (κ2) is 7.32. The lowest BCUT2D eigenvalue weighted by atomic mass is 10.5. The Balaban J connectivity index is 0. The molecule has 1 N–H and O–H groups in total. The van der Waals surface area contributed by atoms with Gasteiger partial charge >= 0.3 is 5.97 Å². The first-order valence-electron chi connectivity index (χ1n) is 2.30. The van der Waals surface area contributed by atoms with E-state index in [0.717, 1.165) is 0 Å². The van der Waals surface area contributed by atoms with Crippen molar-refractivity contribution in [3.8, 4) is 12.3 Å². The Morgan fingerprint density at radius 2 is 2.00 bits per heavy atom. The van der Waals surface area contributed by atoms with Gasteiger partial charge in [-0.15, -0.1) is 23.9 Å². The highest BCUT2D eigenvalue weighted by atomic mass is 35.5. The van der Waals surface area contributed by atoms with Crippen LogP contribution in [0.1, 0.15) is 13.8 Å². The average Bonchev–Trinajstić information content (AvgIpc) is 1.68. The van der Waals surface area contributed by atoms with Crippen LogP contribution in [-0.4, -0.2) is 16.5 Å². The summed E-state index contributed by atoms with van der Waals surface area (Å²) in [7, 11) is 0. The van der Waals surface area contributed by atoms with E-state index in [4.69, 9.17) is 16.7 Å². The van der Waals surface area contributed by atoms with Gasteiger partial charge in [-0.2, -0.15) is 0 Å². The molecule has 9 heavy (non-hydrogen) atoms. The minimum absolute atomic E-state index is 0.759. The zero-order valence-electron chi connectivity index (χ0n) is 5.39. The Bertz CT molecular complexity index is 113. The van der Waals surface area contributed by atoms with Crippen LogP contribution < -0.4 is 0 Å². The molecule has 2 nitrogen and oxygen atoms in total. The number of halogens is 1. The maximum absolute atomic E-state index is 9.57. The molecule has 0 heterocycles. The third-order valence-electron chi connectivity index (χ3n) is 0.340. The molecule has 0 spiro atoms. The summed E-state index contributed by atoms with van der Waals surface area (Å²) >= 11 is 5.01. The van der Waals surface area contributed by atoms with E-state index in [-0.39, 0.29) is 0 Å². The molecule has 0 aromatic carbocycles. The summed E-state index contributed by atoms with van der Waals surface area (Å²) in [6.45, 7) is 3.06. The highest BCUT2D eigenvalue weighted by Crippen LogP contribution is 1.89. The van der Waals surface area contributed by atoms with Gasteiger partial charge in [-0.1, -0.05) is 0 Å². The first-order valence-corrected chi connectivity index (χ1v) is 2.74. The Morgan fingerprint density at radius 1 is 1.89 bits per heavy atom. The van der Waals surface area contributed by atoms with Crippen LogP contribution >= 0.6 is 11.6 Å². The fourth-order valence-corrected chi connectivity index (χ4v) is 0. The first kappa shape index (κ1) is 11.2. The topological polar surface area (TPSA) is 37.3 Å². The minimum atomic E-state index is -0.975. The van der Waals surface area contributed by atoms with Gasteiger partial charge in [-0.25, -0.2) is 0 Å². The standard InChI is InChI=1S/C3H5ClO2.C3H4/c1-2(4)3(5)6;1-3-2/h2H,1H3,(H,5,6);1H,2H3. The number of rotatable bonds is 1. The van der Waals surface area contributed by atoms with Crippen LogP contribution in [0.5, 0.6) is 0 Å². The summed E-state index contributed by atoms with van der Waals surface area (Å²) in [6.07, 6.45) is 4.60. The molecule has 52 valence electrons. The van der Waals surface area contributed by atoms with Gasteiger partial charge in [-0.05, 0) is 13.8 Å². The number of carbonyl (C=O) groups is 1. The Labute approximate surface area is 59.8 Å². The van der Waals surface area contributed by atoms with Gasteiger partial charge < -0.3 is 5.11 Å². The second-order valence-electron chi connectivity index (χ2n) is 1.24. The summed E-state index contributed by atoms with van der Waals surface area (Å²) in [6, 6.07) is 0. The average molecular weight is 149 g/mol. The molecule has 0 fully saturated rings. The Hall–Kier alpha value is -0.680. The molecule has 0 saturated heterocycles. The Morgan fingerprint density at radius 3 is 2.00 bits per heavy atom. The van der Waals surface area contributed by atoms with Crippen molar-refractivity contribution in [1.29, 1.82) is 0 Å². The summed E-state index contributed by atoms with van der Waals surface area (Å²) < 4.78 is 0. The van der Waals surface area contributed by atoms with E-state index >= 15 is 0 Å². The molecule has 0 amide bonds. The van der Waals surface area contributed by atoms with Crippen molar-refractivity contribution in [3.05, 3.63) is 0 Å². The molecule has 0 aromatic heterocycles. The van der Waals surface area contributed by atoms with Crippen LogP contribution in [0.15, 0.2) is 0 Å². The SMILES string of the molecule is C#CC.CC(Cl)C(=O)O. The summed E-state index contributed by atoms with van der Waals surface area (Å²) in [4.78, 5) is 9.57. The second-order valence-corrected chi connectivity index (χ2v) is 1.90. The van der Waals surface area contributed by atoms with Crippen LogP contribution in [0.3, 0.4) is 0 Å². The van der Waals surface area contributed by atoms with E-state index in [0.29, 0.717) is 0 Å².